The van der Waals surface area contributed by atoms with Crippen LogP contribution in [0.5, 0.6) is 0 Å². The van der Waals surface area contributed by atoms with E-state index in [2.05, 4.69) is 29.0 Å². The number of nitrogens with zero attached hydrogens (tertiary/aromatic N) is 1. The summed E-state index contributed by atoms with van der Waals surface area (Å²) in [5.74, 6) is 0.616. The number of carbonyl (C=O) groups excluding carboxylic acids is 1. The van der Waals surface area contributed by atoms with E-state index in [4.69, 9.17) is 0 Å². The molecule has 0 radical (unpaired) electrons. The van der Waals surface area contributed by atoms with Crippen molar-refractivity contribution in [2.75, 3.05) is 18.8 Å². The first-order chi connectivity index (χ1) is 10.7. The van der Waals surface area contributed by atoms with Crippen molar-refractivity contribution in [3.8, 4) is 11.1 Å². The third-order valence-corrected chi connectivity index (χ3v) is 5.76. The highest BCUT2D eigenvalue weighted by atomic mass is 32.2. The van der Waals surface area contributed by atoms with E-state index in [0.29, 0.717) is 5.75 Å². The lowest BCUT2D eigenvalue weighted by Gasteiger charge is -2.14. The van der Waals surface area contributed by atoms with Gasteiger partial charge in [0.2, 0.25) is 5.91 Å². The van der Waals surface area contributed by atoms with Gasteiger partial charge in [0, 0.05) is 29.6 Å². The summed E-state index contributed by atoms with van der Waals surface area (Å²) < 4.78 is 12.2. The molecule has 1 amide bonds. The maximum absolute atomic E-state index is 12.2. The topological polar surface area (TPSA) is 37.4 Å². The number of thiophene rings is 1. The molecule has 5 heteroatoms. The lowest BCUT2D eigenvalue weighted by atomic mass is 10.1. The van der Waals surface area contributed by atoms with Gasteiger partial charge in [0.05, 0.1) is 0 Å². The molecule has 2 aromatic rings. The van der Waals surface area contributed by atoms with Crippen molar-refractivity contribution in [2.24, 2.45) is 0 Å². The fraction of sp³-hybridized carbons (Fsp3) is 0.353. The SMILES string of the molecule is O=C(CS(=O)Cc1cccc(-c2ccsc2)c1)N1CCCC1. The average molecular weight is 333 g/mol. The molecule has 1 unspecified atom stereocenters. The van der Waals surface area contributed by atoms with Gasteiger partial charge in [0.15, 0.2) is 0 Å². The monoisotopic (exact) mass is 333 g/mol. The zero-order valence-electron chi connectivity index (χ0n) is 12.4. The predicted molar refractivity (Wildman–Crippen MR) is 92.3 cm³/mol. The van der Waals surface area contributed by atoms with Crippen LogP contribution in [0.2, 0.25) is 0 Å². The Hall–Kier alpha value is -1.46. The summed E-state index contributed by atoms with van der Waals surface area (Å²) in [4.78, 5) is 13.9. The van der Waals surface area contributed by atoms with Gasteiger partial charge >= 0.3 is 0 Å². The van der Waals surface area contributed by atoms with E-state index in [9.17, 15) is 9.00 Å². The van der Waals surface area contributed by atoms with E-state index in [0.717, 1.165) is 37.1 Å². The second-order valence-electron chi connectivity index (χ2n) is 5.53. The van der Waals surface area contributed by atoms with Gasteiger partial charge in [0.25, 0.3) is 0 Å². The van der Waals surface area contributed by atoms with Crippen LogP contribution in [0.15, 0.2) is 41.1 Å². The fourth-order valence-corrected chi connectivity index (χ4v) is 4.48. The quantitative estimate of drug-likeness (QED) is 0.842. The van der Waals surface area contributed by atoms with E-state index in [-0.39, 0.29) is 11.7 Å². The normalized spacial score (nSPS) is 15.9. The first kappa shape index (κ1) is 15.4. The molecule has 1 fully saturated rings. The van der Waals surface area contributed by atoms with Gasteiger partial charge in [0.1, 0.15) is 5.75 Å². The minimum Gasteiger partial charge on any atom is -0.342 e. The first-order valence-electron chi connectivity index (χ1n) is 7.46. The predicted octanol–water partition coefficient (Wildman–Crippen LogP) is 3.29. The van der Waals surface area contributed by atoms with E-state index >= 15 is 0 Å². The number of rotatable bonds is 5. The number of benzene rings is 1. The van der Waals surface area contributed by atoms with Crippen LogP contribution in [0, 0.1) is 0 Å². The van der Waals surface area contributed by atoms with Crippen LogP contribution in [0.1, 0.15) is 18.4 Å². The van der Waals surface area contributed by atoms with Gasteiger partial charge in [-0.3, -0.25) is 9.00 Å². The standard InChI is InChI=1S/C17H19NO2S2/c19-17(18-7-1-2-8-18)13-22(20)12-14-4-3-5-15(10-14)16-6-9-21-11-16/h3-6,9-11H,1-2,7-8,12-13H2. The Kier molecular flexibility index (Phi) is 5.05. The number of likely N-dealkylation sites (tertiary alicyclic amines) is 1. The molecule has 0 saturated carbocycles. The highest BCUT2D eigenvalue weighted by Gasteiger charge is 2.19. The Morgan fingerprint density at radius 2 is 2.00 bits per heavy atom. The zero-order valence-corrected chi connectivity index (χ0v) is 14.0. The molecule has 1 aromatic heterocycles. The Balaban J connectivity index is 1.61. The van der Waals surface area contributed by atoms with E-state index in [1.165, 1.54) is 5.56 Å². The smallest absolute Gasteiger partial charge is 0.235 e. The van der Waals surface area contributed by atoms with Crippen molar-refractivity contribution >= 4 is 28.0 Å². The molecule has 2 heterocycles. The molecule has 0 bridgehead atoms. The van der Waals surface area contributed by atoms with Crippen molar-refractivity contribution in [3.63, 3.8) is 0 Å². The number of amides is 1. The largest absolute Gasteiger partial charge is 0.342 e. The van der Waals surface area contributed by atoms with Crippen molar-refractivity contribution in [2.45, 2.75) is 18.6 Å². The average Bonchev–Trinajstić information content (AvgIpc) is 3.21. The second-order valence-corrected chi connectivity index (χ2v) is 7.77. The third kappa shape index (κ3) is 3.84. The van der Waals surface area contributed by atoms with E-state index < -0.39 is 10.8 Å². The Morgan fingerprint density at radius 3 is 2.73 bits per heavy atom. The minimum absolute atomic E-state index is 0.0322. The maximum atomic E-state index is 12.2. The second kappa shape index (κ2) is 7.20. The minimum atomic E-state index is -1.14. The summed E-state index contributed by atoms with van der Waals surface area (Å²) in [7, 11) is -1.14. The third-order valence-electron chi connectivity index (χ3n) is 3.85. The molecule has 3 rings (SSSR count). The van der Waals surface area contributed by atoms with Gasteiger partial charge in [-0.15, -0.1) is 0 Å². The van der Waals surface area contributed by atoms with Crippen molar-refractivity contribution in [1.82, 2.24) is 4.90 Å². The number of hydrogen-bond donors (Lipinski definition) is 0. The molecule has 1 saturated heterocycles. The summed E-state index contributed by atoms with van der Waals surface area (Å²) in [6.45, 7) is 1.65. The van der Waals surface area contributed by atoms with Gasteiger partial charge in [-0.25, -0.2) is 0 Å². The van der Waals surface area contributed by atoms with Crippen LogP contribution >= 0.6 is 11.3 Å². The zero-order chi connectivity index (χ0) is 15.4. The molecule has 0 spiro atoms. The Morgan fingerprint density at radius 1 is 1.18 bits per heavy atom. The molecule has 1 aliphatic heterocycles. The summed E-state index contributed by atoms with van der Waals surface area (Å²) in [6.07, 6.45) is 2.14. The first-order valence-corrected chi connectivity index (χ1v) is 9.90. The highest BCUT2D eigenvalue weighted by Crippen LogP contribution is 2.23. The van der Waals surface area contributed by atoms with Crippen LogP contribution in [0.3, 0.4) is 0 Å². The van der Waals surface area contributed by atoms with Crippen LogP contribution in [0.4, 0.5) is 0 Å². The molecule has 3 nitrogen and oxygen atoms in total. The number of hydrogen-bond acceptors (Lipinski definition) is 3. The van der Waals surface area contributed by atoms with E-state index in [1.54, 1.807) is 11.3 Å². The van der Waals surface area contributed by atoms with Crippen LogP contribution < -0.4 is 0 Å². The summed E-state index contributed by atoms with van der Waals surface area (Å²) in [5, 5.41) is 4.15. The molecule has 1 atom stereocenters. The molecule has 0 aliphatic carbocycles. The molecular weight excluding hydrogens is 314 g/mol. The van der Waals surface area contributed by atoms with Gasteiger partial charge in [-0.1, -0.05) is 24.3 Å². The Labute approximate surface area is 137 Å². The lowest BCUT2D eigenvalue weighted by Crippen LogP contribution is -2.31. The molecule has 1 aromatic carbocycles. The summed E-state index contributed by atoms with van der Waals surface area (Å²) in [6, 6.07) is 10.2. The molecule has 116 valence electrons. The van der Waals surface area contributed by atoms with Gasteiger partial charge < -0.3 is 4.90 Å². The summed E-state index contributed by atoms with van der Waals surface area (Å²) >= 11 is 1.67. The molecule has 1 aliphatic rings. The van der Waals surface area contributed by atoms with Gasteiger partial charge in [-0.2, -0.15) is 11.3 Å². The number of carbonyl (C=O) groups is 1. The van der Waals surface area contributed by atoms with Crippen LogP contribution in [-0.4, -0.2) is 33.9 Å². The molecule has 0 N–H and O–H groups in total. The molecular formula is C17H19NO2S2. The van der Waals surface area contributed by atoms with Crippen molar-refractivity contribution < 1.29 is 9.00 Å². The summed E-state index contributed by atoms with van der Waals surface area (Å²) in [5.41, 5.74) is 3.35. The van der Waals surface area contributed by atoms with Crippen LogP contribution in [0.25, 0.3) is 11.1 Å². The lowest BCUT2D eigenvalue weighted by molar-refractivity contribution is -0.127. The molecule has 22 heavy (non-hydrogen) atoms. The fourth-order valence-electron chi connectivity index (χ4n) is 2.70. The Bertz CT molecular complexity index is 661. The van der Waals surface area contributed by atoms with Crippen molar-refractivity contribution in [1.29, 1.82) is 0 Å². The van der Waals surface area contributed by atoms with Crippen molar-refractivity contribution in [3.05, 3.63) is 46.7 Å². The highest BCUT2D eigenvalue weighted by molar-refractivity contribution is 7.84. The van der Waals surface area contributed by atoms with Gasteiger partial charge in [-0.05, 0) is 46.4 Å². The van der Waals surface area contributed by atoms with E-state index in [1.807, 2.05) is 17.0 Å². The van der Waals surface area contributed by atoms with Crippen LogP contribution in [-0.2, 0) is 21.3 Å². The maximum Gasteiger partial charge on any atom is 0.235 e.